The minimum absolute atomic E-state index is 0.104. The number of thiophene rings is 1. The molecular weight excluding hydrogens is 547 g/mol. The Kier molecular flexibility index (Phi) is 6.50. The summed E-state index contributed by atoms with van der Waals surface area (Å²) in [5.41, 5.74) is 3.96. The highest BCUT2D eigenvalue weighted by Crippen LogP contribution is 2.40. The number of aryl methyl sites for hydroxylation is 1. The van der Waals surface area contributed by atoms with Crippen molar-refractivity contribution < 1.29 is 9.53 Å². The Morgan fingerprint density at radius 3 is 2.65 bits per heavy atom. The zero-order valence-corrected chi connectivity index (χ0v) is 21.4. The van der Waals surface area contributed by atoms with Gasteiger partial charge in [-0.1, -0.05) is 37.6 Å². The van der Waals surface area contributed by atoms with Gasteiger partial charge in [0.2, 0.25) is 0 Å². The summed E-state index contributed by atoms with van der Waals surface area (Å²) < 4.78 is 8.65. The van der Waals surface area contributed by atoms with E-state index in [1.165, 1.54) is 2.88 Å². The van der Waals surface area contributed by atoms with Crippen LogP contribution in [0, 0.1) is 22.6 Å². The van der Waals surface area contributed by atoms with E-state index in [2.05, 4.69) is 39.7 Å². The number of halogens is 2. The molecule has 31 heavy (non-hydrogen) atoms. The number of hydrogen-bond donors (Lipinski definition) is 0. The van der Waals surface area contributed by atoms with E-state index in [-0.39, 0.29) is 18.3 Å². The van der Waals surface area contributed by atoms with E-state index in [9.17, 15) is 4.79 Å². The van der Waals surface area contributed by atoms with Crippen LogP contribution in [0.15, 0.2) is 29.3 Å². The molecule has 3 aromatic rings. The van der Waals surface area contributed by atoms with Crippen molar-refractivity contribution >= 4 is 57.2 Å². The fraction of sp³-hybridized carbons (Fsp3) is 0.364. The summed E-state index contributed by atoms with van der Waals surface area (Å²) >= 11 is 10.2. The predicted molar refractivity (Wildman–Crippen MR) is 132 cm³/mol. The number of rotatable bonds is 5. The first kappa shape index (κ1) is 22.4. The van der Waals surface area contributed by atoms with Crippen molar-refractivity contribution in [1.82, 2.24) is 14.8 Å². The number of benzene rings is 1. The normalized spacial score (nSPS) is 15.3. The third kappa shape index (κ3) is 4.42. The summed E-state index contributed by atoms with van der Waals surface area (Å²) in [6.07, 6.45) is 0.104. The van der Waals surface area contributed by atoms with Crippen LogP contribution >= 0.6 is 45.5 Å². The van der Waals surface area contributed by atoms with Crippen LogP contribution in [-0.2, 0) is 9.53 Å². The van der Waals surface area contributed by atoms with E-state index in [1.807, 2.05) is 49.6 Å². The minimum Gasteiger partial charge on any atom is -0.465 e. The lowest BCUT2D eigenvalue weighted by molar-refractivity contribution is -0.145. The van der Waals surface area contributed by atoms with Crippen molar-refractivity contribution in [3.8, 4) is 5.00 Å². The number of hydrogen-bond acceptors (Lipinski definition) is 6. The maximum atomic E-state index is 12.6. The molecule has 2 aromatic heterocycles. The highest BCUT2D eigenvalue weighted by Gasteiger charge is 2.32. The Hall–Kier alpha value is -1.78. The Labute approximate surface area is 203 Å². The average molecular weight is 569 g/mol. The second-order valence-electron chi connectivity index (χ2n) is 7.90. The fourth-order valence-corrected chi connectivity index (χ4v) is 5.59. The summed E-state index contributed by atoms with van der Waals surface area (Å²) in [5.74, 6) is 1.40. The number of ether oxygens (including phenoxy) is 1. The van der Waals surface area contributed by atoms with E-state index in [0.29, 0.717) is 17.5 Å². The molecule has 6 nitrogen and oxygen atoms in total. The smallest absolute Gasteiger partial charge is 0.308 e. The van der Waals surface area contributed by atoms with Gasteiger partial charge in [0.15, 0.2) is 5.82 Å². The van der Waals surface area contributed by atoms with Crippen molar-refractivity contribution in [2.45, 2.75) is 40.2 Å². The molecular formula is C22H22ClIN4O2S. The Morgan fingerprint density at radius 2 is 1.97 bits per heavy atom. The highest BCUT2D eigenvalue weighted by molar-refractivity contribution is 14.1. The van der Waals surface area contributed by atoms with Crippen molar-refractivity contribution in [1.29, 1.82) is 0 Å². The molecule has 1 atom stereocenters. The van der Waals surface area contributed by atoms with Gasteiger partial charge in [-0.05, 0) is 60.1 Å². The highest BCUT2D eigenvalue weighted by atomic mass is 127. The van der Waals surface area contributed by atoms with Crippen LogP contribution in [0.4, 0.5) is 0 Å². The first-order valence-electron chi connectivity index (χ1n) is 9.97. The lowest BCUT2D eigenvalue weighted by Crippen LogP contribution is -2.15. The van der Waals surface area contributed by atoms with E-state index < -0.39 is 6.04 Å². The summed E-state index contributed by atoms with van der Waals surface area (Å²) in [5, 5.41) is 10.4. The van der Waals surface area contributed by atoms with Gasteiger partial charge < -0.3 is 4.74 Å². The summed E-state index contributed by atoms with van der Waals surface area (Å²) in [6, 6.07) is 7.13. The molecule has 0 bridgehead atoms. The van der Waals surface area contributed by atoms with Crippen molar-refractivity contribution in [2.75, 3.05) is 6.61 Å². The number of aromatic nitrogens is 3. The van der Waals surface area contributed by atoms with Crippen LogP contribution in [-0.4, -0.2) is 33.1 Å². The van der Waals surface area contributed by atoms with Crippen LogP contribution in [0.2, 0.25) is 5.02 Å². The van der Waals surface area contributed by atoms with Crippen molar-refractivity contribution in [3.05, 3.63) is 60.5 Å². The third-order valence-electron chi connectivity index (χ3n) is 5.00. The van der Waals surface area contributed by atoms with Crippen LogP contribution < -0.4 is 0 Å². The van der Waals surface area contributed by atoms with Crippen LogP contribution in [0.1, 0.15) is 54.6 Å². The molecule has 1 aliphatic rings. The molecule has 0 saturated heterocycles. The molecule has 0 saturated carbocycles. The molecule has 9 heteroatoms. The maximum Gasteiger partial charge on any atom is 0.308 e. The first-order chi connectivity index (χ1) is 14.8. The predicted octanol–water partition coefficient (Wildman–Crippen LogP) is 5.69. The number of carbonyl (C=O) groups is 1. The summed E-state index contributed by atoms with van der Waals surface area (Å²) in [4.78, 5) is 17.7. The summed E-state index contributed by atoms with van der Waals surface area (Å²) in [7, 11) is 0. The van der Waals surface area contributed by atoms with Gasteiger partial charge in [0.25, 0.3) is 0 Å². The average Bonchev–Trinajstić information content (AvgIpc) is 3.19. The quantitative estimate of drug-likeness (QED) is 0.293. The van der Waals surface area contributed by atoms with Crippen LogP contribution in [0.25, 0.3) is 5.00 Å². The zero-order chi connectivity index (χ0) is 22.3. The lowest BCUT2D eigenvalue weighted by atomic mass is 10.0. The molecule has 0 fully saturated rings. The van der Waals surface area contributed by atoms with E-state index in [4.69, 9.17) is 21.3 Å². The van der Waals surface area contributed by atoms with Gasteiger partial charge >= 0.3 is 5.97 Å². The van der Waals surface area contributed by atoms with Gasteiger partial charge in [0, 0.05) is 16.1 Å². The maximum absolute atomic E-state index is 12.6. The Balaban J connectivity index is 1.87. The Bertz CT molecular complexity index is 1170. The topological polar surface area (TPSA) is 69.4 Å². The third-order valence-corrected chi connectivity index (χ3v) is 7.79. The molecule has 0 aliphatic carbocycles. The Morgan fingerprint density at radius 1 is 1.26 bits per heavy atom. The number of fused-ring (bicyclic) bond motifs is 3. The fourth-order valence-electron chi connectivity index (χ4n) is 3.47. The molecule has 162 valence electrons. The van der Waals surface area contributed by atoms with Gasteiger partial charge in [-0.15, -0.1) is 21.5 Å². The molecule has 3 heterocycles. The molecule has 1 aromatic carbocycles. The van der Waals surface area contributed by atoms with Gasteiger partial charge in [0.05, 0.1) is 21.6 Å². The number of carbonyl (C=O) groups excluding carboxylic acids is 1. The molecule has 1 aliphatic heterocycles. The van der Waals surface area contributed by atoms with Crippen molar-refractivity contribution in [3.63, 3.8) is 0 Å². The van der Waals surface area contributed by atoms with E-state index in [0.717, 1.165) is 33.2 Å². The SMILES string of the molecule is Cc1c(I)sc2c1C(c1ccc(Cl)cc1)=N[C@@H](CC(=O)OCC(C)C)c1nnc(C)n1-2. The van der Waals surface area contributed by atoms with Gasteiger partial charge in [-0.3, -0.25) is 14.4 Å². The molecule has 4 rings (SSSR count). The second-order valence-corrected chi connectivity index (χ2v) is 11.1. The molecule has 0 radical (unpaired) electrons. The van der Waals surface area contributed by atoms with E-state index in [1.54, 1.807) is 11.3 Å². The zero-order valence-electron chi connectivity index (χ0n) is 17.6. The van der Waals surface area contributed by atoms with E-state index >= 15 is 0 Å². The van der Waals surface area contributed by atoms with Crippen LogP contribution in [0.3, 0.4) is 0 Å². The monoisotopic (exact) mass is 568 g/mol. The largest absolute Gasteiger partial charge is 0.465 e. The number of aliphatic imine (C=N–C) groups is 1. The molecule has 0 amide bonds. The van der Waals surface area contributed by atoms with Crippen LogP contribution in [0.5, 0.6) is 0 Å². The minimum atomic E-state index is -0.497. The van der Waals surface area contributed by atoms with Gasteiger partial charge in [-0.2, -0.15) is 0 Å². The van der Waals surface area contributed by atoms with Gasteiger partial charge in [-0.25, -0.2) is 0 Å². The first-order valence-corrected chi connectivity index (χ1v) is 12.2. The molecule has 0 spiro atoms. The number of esters is 1. The second kappa shape index (κ2) is 8.99. The van der Waals surface area contributed by atoms with Crippen molar-refractivity contribution in [2.24, 2.45) is 10.9 Å². The summed E-state index contributed by atoms with van der Waals surface area (Å²) in [6.45, 7) is 8.43. The molecule has 0 N–H and O–H groups in total. The molecule has 0 unspecified atom stereocenters. The lowest BCUT2D eigenvalue weighted by Gasteiger charge is -2.13. The number of nitrogens with zero attached hydrogens (tertiary/aromatic N) is 4. The standard InChI is InChI=1S/C22H22ClIN4O2S/c1-11(2)10-30-17(29)9-16-21-27-26-13(4)28(21)22-18(12(3)20(24)31-22)19(25-16)14-5-7-15(23)8-6-14/h5-8,11,16H,9-10H2,1-4H3/t16-/m0/s1. The van der Waals surface area contributed by atoms with Gasteiger partial charge in [0.1, 0.15) is 16.9 Å².